The van der Waals surface area contributed by atoms with Gasteiger partial charge in [-0.25, -0.2) is 0 Å². The van der Waals surface area contributed by atoms with Gasteiger partial charge < -0.3 is 15.4 Å². The summed E-state index contributed by atoms with van der Waals surface area (Å²) in [5.74, 6) is -0.158. The summed E-state index contributed by atoms with van der Waals surface area (Å²) in [6.45, 7) is 1.52. The van der Waals surface area contributed by atoms with E-state index >= 15 is 0 Å². The lowest BCUT2D eigenvalue weighted by Crippen LogP contribution is -2.36. The van der Waals surface area contributed by atoms with Crippen molar-refractivity contribution in [2.75, 3.05) is 20.3 Å². The first-order valence-corrected chi connectivity index (χ1v) is 8.83. The van der Waals surface area contributed by atoms with Crippen LogP contribution in [0.25, 0.3) is 0 Å². The SMILES string of the molecule is COCCNC(=O)c1cc2n(n1)C[C@@H](NC(=O)CCc1ccccc1)C2. The van der Waals surface area contributed by atoms with E-state index < -0.39 is 0 Å². The van der Waals surface area contributed by atoms with E-state index in [9.17, 15) is 9.59 Å². The zero-order chi connectivity index (χ0) is 18.4. The predicted molar refractivity (Wildman–Crippen MR) is 96.8 cm³/mol. The van der Waals surface area contributed by atoms with E-state index in [1.165, 1.54) is 0 Å². The molecular formula is C19H24N4O3. The Morgan fingerprint density at radius 3 is 2.85 bits per heavy atom. The van der Waals surface area contributed by atoms with Crippen molar-refractivity contribution in [2.24, 2.45) is 0 Å². The zero-order valence-electron chi connectivity index (χ0n) is 14.9. The molecule has 26 heavy (non-hydrogen) atoms. The minimum atomic E-state index is -0.201. The Balaban J connectivity index is 1.45. The fourth-order valence-corrected chi connectivity index (χ4v) is 3.07. The van der Waals surface area contributed by atoms with Gasteiger partial charge in [-0.05, 0) is 18.1 Å². The number of aromatic nitrogens is 2. The fraction of sp³-hybridized carbons (Fsp3) is 0.421. The molecule has 0 spiro atoms. The average Bonchev–Trinajstić information content (AvgIpc) is 3.19. The molecule has 0 saturated heterocycles. The molecule has 7 heteroatoms. The number of carbonyl (C=O) groups excluding carboxylic acids is 2. The van der Waals surface area contributed by atoms with Crippen LogP contribution in [0.5, 0.6) is 0 Å². The largest absolute Gasteiger partial charge is 0.383 e. The summed E-state index contributed by atoms with van der Waals surface area (Å²) in [5, 5.41) is 10.1. The maximum Gasteiger partial charge on any atom is 0.271 e. The topological polar surface area (TPSA) is 85.2 Å². The summed E-state index contributed by atoms with van der Waals surface area (Å²) < 4.78 is 6.71. The Morgan fingerprint density at radius 2 is 2.12 bits per heavy atom. The highest BCUT2D eigenvalue weighted by molar-refractivity contribution is 5.92. The molecule has 2 aromatic rings. The number of nitrogens with one attached hydrogen (secondary N) is 2. The van der Waals surface area contributed by atoms with Crippen molar-refractivity contribution in [1.82, 2.24) is 20.4 Å². The Kier molecular flexibility index (Phi) is 6.01. The maximum atomic E-state index is 12.2. The lowest BCUT2D eigenvalue weighted by atomic mass is 10.1. The molecule has 0 unspecified atom stereocenters. The quantitative estimate of drug-likeness (QED) is 0.689. The van der Waals surface area contributed by atoms with E-state index in [1.807, 2.05) is 30.3 Å². The second-order valence-corrected chi connectivity index (χ2v) is 6.41. The second-order valence-electron chi connectivity index (χ2n) is 6.41. The van der Waals surface area contributed by atoms with Crippen molar-refractivity contribution in [2.45, 2.75) is 31.8 Å². The van der Waals surface area contributed by atoms with Crippen LogP contribution in [0.15, 0.2) is 36.4 Å². The van der Waals surface area contributed by atoms with Gasteiger partial charge in [-0.2, -0.15) is 5.10 Å². The molecule has 0 bridgehead atoms. The molecule has 138 valence electrons. The van der Waals surface area contributed by atoms with Crippen LogP contribution in [0.2, 0.25) is 0 Å². The number of hydrogen-bond acceptors (Lipinski definition) is 4. The third-order valence-electron chi connectivity index (χ3n) is 4.39. The van der Waals surface area contributed by atoms with Crippen LogP contribution in [0.4, 0.5) is 0 Å². The van der Waals surface area contributed by atoms with Crippen molar-refractivity contribution >= 4 is 11.8 Å². The number of amides is 2. The standard InChI is InChI=1S/C19H24N4O3/c1-26-10-9-20-19(25)17-12-16-11-15(13-23(16)22-17)21-18(24)8-7-14-5-3-2-4-6-14/h2-6,12,15H,7-11,13H2,1H3,(H,20,25)(H,21,24)/t15-/m0/s1. The predicted octanol–water partition coefficient (Wildman–Crippen LogP) is 0.933. The average molecular weight is 356 g/mol. The van der Waals surface area contributed by atoms with E-state index in [2.05, 4.69) is 15.7 Å². The molecule has 3 rings (SSSR count). The van der Waals surface area contributed by atoms with Crippen molar-refractivity contribution < 1.29 is 14.3 Å². The van der Waals surface area contributed by atoms with Gasteiger partial charge in [-0.3, -0.25) is 14.3 Å². The highest BCUT2D eigenvalue weighted by Crippen LogP contribution is 2.16. The highest BCUT2D eigenvalue weighted by atomic mass is 16.5. The van der Waals surface area contributed by atoms with Crippen LogP contribution in [0.3, 0.4) is 0 Å². The summed E-state index contributed by atoms with van der Waals surface area (Å²) in [7, 11) is 1.59. The highest BCUT2D eigenvalue weighted by Gasteiger charge is 2.26. The third-order valence-corrected chi connectivity index (χ3v) is 4.39. The molecule has 1 aliphatic rings. The molecule has 0 radical (unpaired) electrons. The molecule has 2 N–H and O–H groups in total. The van der Waals surface area contributed by atoms with E-state index in [0.29, 0.717) is 38.2 Å². The lowest BCUT2D eigenvalue weighted by molar-refractivity contribution is -0.121. The van der Waals surface area contributed by atoms with E-state index in [4.69, 9.17) is 4.74 Å². The molecule has 0 aliphatic carbocycles. The van der Waals surface area contributed by atoms with Crippen molar-refractivity contribution in [3.05, 3.63) is 53.3 Å². The summed E-state index contributed by atoms with van der Waals surface area (Å²) in [6, 6.07) is 11.8. The molecule has 7 nitrogen and oxygen atoms in total. The van der Waals surface area contributed by atoms with Crippen molar-refractivity contribution in [3.8, 4) is 0 Å². The van der Waals surface area contributed by atoms with Gasteiger partial charge in [-0.15, -0.1) is 0 Å². The minimum Gasteiger partial charge on any atom is -0.383 e. The zero-order valence-corrected chi connectivity index (χ0v) is 14.9. The molecular weight excluding hydrogens is 332 g/mol. The Hall–Kier alpha value is -2.67. The maximum absolute atomic E-state index is 12.2. The first kappa shape index (κ1) is 18.1. The van der Waals surface area contributed by atoms with Gasteiger partial charge >= 0.3 is 0 Å². The van der Waals surface area contributed by atoms with E-state index in [0.717, 1.165) is 17.7 Å². The number of methoxy groups -OCH3 is 1. The number of ether oxygens (including phenoxy) is 1. The van der Waals surface area contributed by atoms with Crippen LogP contribution < -0.4 is 10.6 Å². The van der Waals surface area contributed by atoms with Crippen molar-refractivity contribution in [3.63, 3.8) is 0 Å². The van der Waals surface area contributed by atoms with E-state index in [-0.39, 0.29) is 17.9 Å². The fourth-order valence-electron chi connectivity index (χ4n) is 3.07. The number of benzene rings is 1. The first-order valence-electron chi connectivity index (χ1n) is 8.83. The van der Waals surface area contributed by atoms with Gasteiger partial charge in [0, 0.05) is 32.2 Å². The summed E-state index contributed by atoms with van der Waals surface area (Å²) in [5.41, 5.74) is 2.53. The molecule has 1 aromatic carbocycles. The van der Waals surface area contributed by atoms with Gasteiger partial charge in [0.15, 0.2) is 0 Å². The smallest absolute Gasteiger partial charge is 0.271 e. The van der Waals surface area contributed by atoms with Gasteiger partial charge in [0.1, 0.15) is 5.69 Å². The van der Waals surface area contributed by atoms with E-state index in [1.54, 1.807) is 17.9 Å². The number of nitrogens with zero attached hydrogens (tertiary/aromatic N) is 2. The van der Waals surface area contributed by atoms with Gasteiger partial charge in [0.05, 0.1) is 19.2 Å². The summed E-state index contributed by atoms with van der Waals surface area (Å²) >= 11 is 0. The Morgan fingerprint density at radius 1 is 1.31 bits per heavy atom. The number of rotatable bonds is 8. The monoisotopic (exact) mass is 356 g/mol. The van der Waals surface area contributed by atoms with Crippen LogP contribution in [-0.2, 0) is 28.9 Å². The van der Waals surface area contributed by atoms with Gasteiger partial charge in [-0.1, -0.05) is 30.3 Å². The number of fused-ring (bicyclic) bond motifs is 1. The summed E-state index contributed by atoms with van der Waals surface area (Å²) in [4.78, 5) is 24.1. The third kappa shape index (κ3) is 4.70. The molecule has 0 saturated carbocycles. The molecule has 0 fully saturated rings. The first-order chi connectivity index (χ1) is 12.7. The van der Waals surface area contributed by atoms with Crippen LogP contribution in [0.1, 0.15) is 28.2 Å². The van der Waals surface area contributed by atoms with Gasteiger partial charge in [0.2, 0.25) is 5.91 Å². The summed E-state index contributed by atoms with van der Waals surface area (Å²) in [6.07, 6.45) is 1.89. The number of hydrogen-bond donors (Lipinski definition) is 2. The van der Waals surface area contributed by atoms with Gasteiger partial charge in [0.25, 0.3) is 5.91 Å². The van der Waals surface area contributed by atoms with Crippen LogP contribution in [-0.4, -0.2) is 47.9 Å². The van der Waals surface area contributed by atoms with Crippen LogP contribution in [0, 0.1) is 0 Å². The lowest BCUT2D eigenvalue weighted by Gasteiger charge is -2.12. The van der Waals surface area contributed by atoms with Crippen molar-refractivity contribution in [1.29, 1.82) is 0 Å². The number of aryl methyl sites for hydroxylation is 1. The number of carbonyl (C=O) groups is 2. The molecule has 2 amide bonds. The minimum absolute atomic E-state index is 0.0337. The molecule has 1 aliphatic heterocycles. The molecule has 1 aromatic heterocycles. The second kappa shape index (κ2) is 8.62. The normalized spacial score (nSPS) is 15.5. The Labute approximate surface area is 152 Å². The Bertz CT molecular complexity index is 734. The molecule has 1 atom stereocenters. The molecule has 2 heterocycles. The van der Waals surface area contributed by atoms with Crippen LogP contribution >= 0.6 is 0 Å².